The molecule has 1 unspecified atom stereocenters. The summed E-state index contributed by atoms with van der Waals surface area (Å²) in [5.41, 5.74) is 0.582. The Bertz CT molecular complexity index is 920. The van der Waals surface area contributed by atoms with Crippen molar-refractivity contribution in [2.75, 3.05) is 37.4 Å². The van der Waals surface area contributed by atoms with Crippen LogP contribution >= 0.6 is 0 Å². The van der Waals surface area contributed by atoms with Crippen LogP contribution < -0.4 is 4.90 Å². The number of piperidine rings is 1. The van der Waals surface area contributed by atoms with Gasteiger partial charge in [0.15, 0.2) is 9.84 Å². The Morgan fingerprint density at radius 1 is 1.06 bits per heavy atom. The lowest BCUT2D eigenvalue weighted by molar-refractivity contribution is -0.0291. The van der Waals surface area contributed by atoms with Crippen LogP contribution in [0.5, 0.6) is 0 Å². The van der Waals surface area contributed by atoms with E-state index in [1.165, 1.54) is 17.0 Å². The summed E-state index contributed by atoms with van der Waals surface area (Å²) in [6.07, 6.45) is 5.73. The quantitative estimate of drug-likeness (QED) is 0.635. The first-order valence-corrected chi connectivity index (χ1v) is 13.0. The van der Waals surface area contributed by atoms with E-state index in [0.717, 1.165) is 44.8 Å². The van der Waals surface area contributed by atoms with Crippen LogP contribution in [0.2, 0.25) is 0 Å². The molecule has 2 heterocycles. The summed E-state index contributed by atoms with van der Waals surface area (Å²) in [6.45, 7) is 1.81. The van der Waals surface area contributed by atoms with Gasteiger partial charge >= 0.3 is 12.2 Å². The topological polar surface area (TPSA) is 102 Å². The molecule has 2 amide bonds. The van der Waals surface area contributed by atoms with Crippen LogP contribution in [0.3, 0.4) is 0 Å². The first kappa shape index (κ1) is 22.8. The zero-order chi connectivity index (χ0) is 22.7. The van der Waals surface area contributed by atoms with Crippen LogP contribution in [0, 0.1) is 0 Å². The predicted molar refractivity (Wildman–Crippen MR) is 116 cm³/mol. The van der Waals surface area contributed by atoms with Crippen LogP contribution in [0.1, 0.15) is 38.5 Å². The van der Waals surface area contributed by atoms with Crippen molar-refractivity contribution >= 4 is 27.7 Å². The molecule has 2 aliphatic heterocycles. The third-order valence-electron chi connectivity index (χ3n) is 6.24. The molecule has 0 N–H and O–H groups in total. The molecule has 176 valence electrons. The molecule has 0 spiro atoms. The maximum Gasteiger partial charge on any atom is 0.414 e. The SMILES string of the molecule is CS(=O)(=O)c1ccc(N2CC(COC3CCN(C(=O)OC4CCCC4)CC3)OC2=O)cc1. The summed E-state index contributed by atoms with van der Waals surface area (Å²) in [6, 6.07) is 6.16. The molecule has 1 aromatic carbocycles. The fraction of sp³-hybridized carbons (Fsp3) is 0.636. The van der Waals surface area contributed by atoms with Crippen molar-refractivity contribution in [1.82, 2.24) is 4.90 Å². The van der Waals surface area contributed by atoms with E-state index in [4.69, 9.17) is 14.2 Å². The summed E-state index contributed by atoms with van der Waals surface area (Å²) < 4.78 is 40.1. The molecule has 32 heavy (non-hydrogen) atoms. The van der Waals surface area contributed by atoms with E-state index < -0.39 is 22.0 Å². The molecule has 1 atom stereocenters. The van der Waals surface area contributed by atoms with Gasteiger partial charge in [0.1, 0.15) is 12.2 Å². The second-order valence-electron chi connectivity index (χ2n) is 8.69. The molecule has 0 radical (unpaired) electrons. The van der Waals surface area contributed by atoms with E-state index >= 15 is 0 Å². The first-order chi connectivity index (χ1) is 15.3. The van der Waals surface area contributed by atoms with Gasteiger partial charge < -0.3 is 19.1 Å². The summed E-state index contributed by atoms with van der Waals surface area (Å²) in [4.78, 5) is 27.9. The van der Waals surface area contributed by atoms with E-state index in [0.29, 0.717) is 25.3 Å². The summed E-state index contributed by atoms with van der Waals surface area (Å²) in [5.74, 6) is 0. The molecule has 0 aromatic heterocycles. The molecule has 1 aliphatic carbocycles. The van der Waals surface area contributed by atoms with E-state index in [1.807, 2.05) is 0 Å². The number of rotatable bonds is 6. The predicted octanol–water partition coefficient (Wildman–Crippen LogP) is 2.98. The normalized spacial score (nSPS) is 22.9. The van der Waals surface area contributed by atoms with Gasteiger partial charge in [-0.2, -0.15) is 0 Å². The Morgan fingerprint density at radius 2 is 1.72 bits per heavy atom. The minimum Gasteiger partial charge on any atom is -0.446 e. The van der Waals surface area contributed by atoms with Crippen molar-refractivity contribution in [2.45, 2.75) is 61.7 Å². The van der Waals surface area contributed by atoms with Gasteiger partial charge in [0.25, 0.3) is 0 Å². The Labute approximate surface area is 188 Å². The second kappa shape index (κ2) is 9.66. The van der Waals surface area contributed by atoms with Gasteiger partial charge in [-0.25, -0.2) is 18.0 Å². The highest BCUT2D eigenvalue weighted by atomic mass is 32.2. The number of carbonyl (C=O) groups is 2. The lowest BCUT2D eigenvalue weighted by Crippen LogP contribution is -2.42. The molecular weight excluding hydrogens is 436 g/mol. The lowest BCUT2D eigenvalue weighted by atomic mass is 10.1. The van der Waals surface area contributed by atoms with Crippen molar-refractivity contribution in [3.8, 4) is 0 Å². The number of hydrogen-bond acceptors (Lipinski definition) is 7. The van der Waals surface area contributed by atoms with Crippen molar-refractivity contribution in [3.63, 3.8) is 0 Å². The molecule has 1 aromatic rings. The zero-order valence-electron chi connectivity index (χ0n) is 18.3. The monoisotopic (exact) mass is 466 g/mol. The van der Waals surface area contributed by atoms with E-state index in [2.05, 4.69) is 0 Å². The molecule has 2 saturated heterocycles. The van der Waals surface area contributed by atoms with Crippen LogP contribution in [0.25, 0.3) is 0 Å². The third kappa shape index (κ3) is 5.53. The largest absolute Gasteiger partial charge is 0.446 e. The molecular formula is C22H30N2O7S. The van der Waals surface area contributed by atoms with Crippen molar-refractivity contribution in [3.05, 3.63) is 24.3 Å². The molecule has 3 fully saturated rings. The van der Waals surface area contributed by atoms with Crippen LogP contribution in [0.4, 0.5) is 15.3 Å². The molecule has 10 heteroatoms. The standard InChI is InChI=1S/C22H30N2O7S/c1-32(27,28)20-8-6-16(7-9-20)24-14-19(31-22(24)26)15-29-17-10-12-23(13-11-17)21(25)30-18-4-2-3-5-18/h6-9,17-19H,2-5,10-15H2,1H3. The smallest absolute Gasteiger partial charge is 0.414 e. The summed E-state index contributed by atoms with van der Waals surface area (Å²) >= 11 is 0. The number of cyclic esters (lactones) is 1. The number of likely N-dealkylation sites (tertiary alicyclic amines) is 1. The maximum atomic E-state index is 12.3. The maximum absolute atomic E-state index is 12.3. The van der Waals surface area contributed by atoms with Gasteiger partial charge in [-0.3, -0.25) is 4.90 Å². The minimum absolute atomic E-state index is 0.00678. The highest BCUT2D eigenvalue weighted by Crippen LogP contribution is 2.25. The third-order valence-corrected chi connectivity index (χ3v) is 7.37. The summed E-state index contributed by atoms with van der Waals surface area (Å²) in [5, 5.41) is 0. The Hall–Kier alpha value is -2.33. The van der Waals surface area contributed by atoms with Gasteiger partial charge in [0.2, 0.25) is 0 Å². The van der Waals surface area contributed by atoms with Gasteiger partial charge in [-0.15, -0.1) is 0 Å². The fourth-order valence-electron chi connectivity index (χ4n) is 4.36. The number of anilines is 1. The average molecular weight is 467 g/mol. The van der Waals surface area contributed by atoms with Gasteiger partial charge in [-0.1, -0.05) is 0 Å². The van der Waals surface area contributed by atoms with Gasteiger partial charge in [0.05, 0.1) is 24.2 Å². The molecule has 0 bridgehead atoms. The van der Waals surface area contributed by atoms with Gasteiger partial charge in [-0.05, 0) is 62.8 Å². The number of amides is 2. The molecule has 1 saturated carbocycles. The van der Waals surface area contributed by atoms with Crippen molar-refractivity contribution in [2.24, 2.45) is 0 Å². The Morgan fingerprint density at radius 3 is 2.34 bits per heavy atom. The summed E-state index contributed by atoms with van der Waals surface area (Å²) in [7, 11) is -3.29. The minimum atomic E-state index is -3.29. The number of carbonyl (C=O) groups excluding carboxylic acids is 2. The zero-order valence-corrected chi connectivity index (χ0v) is 19.1. The molecule has 9 nitrogen and oxygen atoms in total. The average Bonchev–Trinajstić information content (AvgIpc) is 3.41. The number of benzene rings is 1. The van der Waals surface area contributed by atoms with Gasteiger partial charge in [0, 0.05) is 25.0 Å². The Kier molecular flexibility index (Phi) is 6.90. The van der Waals surface area contributed by atoms with E-state index in [9.17, 15) is 18.0 Å². The van der Waals surface area contributed by atoms with E-state index in [-0.39, 0.29) is 29.8 Å². The van der Waals surface area contributed by atoms with Crippen LogP contribution in [-0.2, 0) is 24.0 Å². The highest BCUT2D eigenvalue weighted by Gasteiger charge is 2.34. The lowest BCUT2D eigenvalue weighted by Gasteiger charge is -2.32. The van der Waals surface area contributed by atoms with Crippen molar-refractivity contribution < 1.29 is 32.2 Å². The number of hydrogen-bond donors (Lipinski definition) is 0. The fourth-order valence-corrected chi connectivity index (χ4v) is 4.99. The molecule has 4 rings (SSSR count). The highest BCUT2D eigenvalue weighted by molar-refractivity contribution is 7.90. The van der Waals surface area contributed by atoms with Crippen molar-refractivity contribution in [1.29, 1.82) is 0 Å². The first-order valence-electron chi connectivity index (χ1n) is 11.1. The number of ether oxygens (including phenoxy) is 3. The number of sulfone groups is 1. The van der Waals surface area contributed by atoms with Crippen LogP contribution in [0.15, 0.2) is 29.2 Å². The Balaban J connectivity index is 1.21. The van der Waals surface area contributed by atoms with Crippen LogP contribution in [-0.4, -0.2) is 76.3 Å². The number of nitrogens with zero attached hydrogens (tertiary/aromatic N) is 2. The molecule has 3 aliphatic rings. The van der Waals surface area contributed by atoms with E-state index in [1.54, 1.807) is 17.0 Å². The second-order valence-corrected chi connectivity index (χ2v) is 10.7.